The number of hydrogen-bond donors (Lipinski definition) is 2. The lowest BCUT2D eigenvalue weighted by Crippen LogP contribution is -2.30. The number of ether oxygens (including phenoxy) is 1. The first-order valence-electron chi connectivity index (χ1n) is 9.26. The quantitative estimate of drug-likeness (QED) is 0.602. The van der Waals surface area contributed by atoms with E-state index in [0.29, 0.717) is 23.0 Å². The van der Waals surface area contributed by atoms with Crippen molar-refractivity contribution in [1.82, 2.24) is 4.98 Å². The molecule has 0 unspecified atom stereocenters. The molecule has 8 heteroatoms. The molecule has 30 heavy (non-hydrogen) atoms. The standard InChI is InChI=1S/C22H21N3O5/c1-13-19(25-21(29-13)16-7-5-4-6-8-16)22(28)30-14(2)20(27)24-18-11-9-17(10-12-18)23-15(3)26/h4-12,14H,1-3H3,(H,23,26)(H,24,27)/t14-/m0/s1. The van der Waals surface area contributed by atoms with Gasteiger partial charge in [-0.15, -0.1) is 0 Å². The SMILES string of the molecule is CC(=O)Nc1ccc(NC(=O)[C@H](C)OC(=O)c2nc(-c3ccccc3)oc2C)cc1. The van der Waals surface area contributed by atoms with Crippen molar-refractivity contribution in [3.63, 3.8) is 0 Å². The van der Waals surface area contributed by atoms with Gasteiger partial charge in [-0.3, -0.25) is 9.59 Å². The van der Waals surface area contributed by atoms with E-state index in [2.05, 4.69) is 15.6 Å². The number of carbonyl (C=O) groups is 3. The highest BCUT2D eigenvalue weighted by Crippen LogP contribution is 2.22. The second-order valence-corrected chi connectivity index (χ2v) is 6.59. The van der Waals surface area contributed by atoms with E-state index in [1.165, 1.54) is 13.8 Å². The number of esters is 1. The van der Waals surface area contributed by atoms with Crippen LogP contribution < -0.4 is 10.6 Å². The Kier molecular flexibility index (Phi) is 6.26. The highest BCUT2D eigenvalue weighted by molar-refractivity contribution is 5.97. The fraction of sp³-hybridized carbons (Fsp3) is 0.182. The van der Waals surface area contributed by atoms with Crippen LogP contribution in [-0.2, 0) is 14.3 Å². The van der Waals surface area contributed by atoms with E-state index in [0.717, 1.165) is 5.56 Å². The summed E-state index contributed by atoms with van der Waals surface area (Å²) in [6, 6.07) is 15.7. The van der Waals surface area contributed by atoms with Gasteiger partial charge in [-0.2, -0.15) is 0 Å². The molecule has 154 valence electrons. The molecule has 0 aliphatic heterocycles. The number of oxazole rings is 1. The largest absolute Gasteiger partial charge is 0.448 e. The lowest BCUT2D eigenvalue weighted by atomic mass is 10.2. The highest BCUT2D eigenvalue weighted by Gasteiger charge is 2.24. The lowest BCUT2D eigenvalue weighted by Gasteiger charge is -2.13. The summed E-state index contributed by atoms with van der Waals surface area (Å²) in [5, 5.41) is 5.29. The Morgan fingerprint density at radius 1 is 0.967 bits per heavy atom. The molecule has 1 atom stereocenters. The van der Waals surface area contributed by atoms with Crippen LogP contribution in [0, 0.1) is 6.92 Å². The third-order valence-corrected chi connectivity index (χ3v) is 4.14. The molecule has 2 N–H and O–H groups in total. The topological polar surface area (TPSA) is 111 Å². The van der Waals surface area contributed by atoms with Crippen molar-refractivity contribution in [2.45, 2.75) is 26.9 Å². The number of rotatable bonds is 6. The number of nitrogens with one attached hydrogen (secondary N) is 2. The molecule has 0 spiro atoms. The van der Waals surface area contributed by atoms with Gasteiger partial charge in [-0.1, -0.05) is 18.2 Å². The molecule has 0 radical (unpaired) electrons. The maximum Gasteiger partial charge on any atom is 0.361 e. The fourth-order valence-corrected chi connectivity index (χ4v) is 2.64. The number of aryl methyl sites for hydroxylation is 1. The zero-order chi connectivity index (χ0) is 21.7. The van der Waals surface area contributed by atoms with E-state index in [1.54, 1.807) is 31.2 Å². The summed E-state index contributed by atoms with van der Waals surface area (Å²) in [4.78, 5) is 40.1. The first kappa shape index (κ1) is 20.8. The van der Waals surface area contributed by atoms with E-state index in [4.69, 9.17) is 9.15 Å². The Bertz CT molecular complexity index is 1060. The van der Waals surface area contributed by atoms with Gasteiger partial charge >= 0.3 is 5.97 Å². The molecule has 0 bridgehead atoms. The maximum atomic E-state index is 12.5. The Morgan fingerprint density at radius 3 is 2.17 bits per heavy atom. The van der Waals surface area contributed by atoms with E-state index in [1.807, 2.05) is 30.3 Å². The summed E-state index contributed by atoms with van der Waals surface area (Å²) in [7, 11) is 0. The zero-order valence-corrected chi connectivity index (χ0v) is 16.8. The Balaban J connectivity index is 1.62. The molecule has 1 heterocycles. The molecule has 0 saturated carbocycles. The maximum absolute atomic E-state index is 12.5. The number of anilines is 2. The fourth-order valence-electron chi connectivity index (χ4n) is 2.64. The van der Waals surface area contributed by atoms with Crippen LogP contribution in [-0.4, -0.2) is 28.9 Å². The van der Waals surface area contributed by atoms with Gasteiger partial charge in [0.1, 0.15) is 5.76 Å². The van der Waals surface area contributed by atoms with E-state index >= 15 is 0 Å². The Hall–Kier alpha value is -3.94. The van der Waals surface area contributed by atoms with Gasteiger partial charge in [-0.05, 0) is 50.2 Å². The third kappa shape index (κ3) is 5.11. The molecule has 0 fully saturated rings. The van der Waals surface area contributed by atoms with Gasteiger partial charge in [0.15, 0.2) is 11.8 Å². The summed E-state index contributed by atoms with van der Waals surface area (Å²) in [5.41, 5.74) is 1.86. The van der Waals surface area contributed by atoms with Crippen LogP contribution in [0.25, 0.3) is 11.5 Å². The Morgan fingerprint density at radius 2 is 1.57 bits per heavy atom. The van der Waals surface area contributed by atoms with Crippen molar-refractivity contribution in [1.29, 1.82) is 0 Å². The third-order valence-electron chi connectivity index (χ3n) is 4.14. The van der Waals surface area contributed by atoms with Crippen LogP contribution in [0.15, 0.2) is 59.0 Å². The van der Waals surface area contributed by atoms with Gasteiger partial charge < -0.3 is 19.8 Å². The summed E-state index contributed by atoms with van der Waals surface area (Å²) < 4.78 is 10.8. The highest BCUT2D eigenvalue weighted by atomic mass is 16.5. The molecule has 0 aliphatic rings. The van der Waals surface area contributed by atoms with Crippen molar-refractivity contribution in [3.05, 3.63) is 66.1 Å². The van der Waals surface area contributed by atoms with Gasteiger partial charge in [0, 0.05) is 23.9 Å². The van der Waals surface area contributed by atoms with Crippen LogP contribution in [0.1, 0.15) is 30.1 Å². The number of aromatic nitrogens is 1. The van der Waals surface area contributed by atoms with Gasteiger partial charge in [0.2, 0.25) is 11.8 Å². The Labute approximate surface area is 173 Å². The van der Waals surface area contributed by atoms with Crippen LogP contribution in [0.3, 0.4) is 0 Å². The summed E-state index contributed by atoms with van der Waals surface area (Å²) in [6.45, 7) is 4.48. The summed E-state index contributed by atoms with van der Waals surface area (Å²) in [6.07, 6.45) is -1.05. The van der Waals surface area contributed by atoms with Crippen molar-refractivity contribution in [2.24, 2.45) is 0 Å². The molecule has 8 nitrogen and oxygen atoms in total. The number of nitrogens with zero attached hydrogens (tertiary/aromatic N) is 1. The predicted octanol–water partition coefficient (Wildman–Crippen LogP) is 3.79. The van der Waals surface area contributed by atoms with E-state index < -0.39 is 18.0 Å². The first-order valence-corrected chi connectivity index (χ1v) is 9.26. The van der Waals surface area contributed by atoms with Crippen LogP contribution >= 0.6 is 0 Å². The second-order valence-electron chi connectivity index (χ2n) is 6.59. The normalized spacial score (nSPS) is 11.4. The van der Waals surface area contributed by atoms with Crippen LogP contribution in [0.4, 0.5) is 11.4 Å². The lowest BCUT2D eigenvalue weighted by molar-refractivity contribution is -0.123. The molecule has 0 saturated heterocycles. The molecule has 3 rings (SSSR count). The molecule has 2 amide bonds. The number of hydrogen-bond acceptors (Lipinski definition) is 6. The van der Waals surface area contributed by atoms with Crippen molar-refractivity contribution in [2.75, 3.05) is 10.6 Å². The minimum absolute atomic E-state index is 0.0214. The van der Waals surface area contributed by atoms with E-state index in [-0.39, 0.29) is 11.6 Å². The first-order chi connectivity index (χ1) is 14.3. The minimum Gasteiger partial charge on any atom is -0.448 e. The second kappa shape index (κ2) is 9.04. The number of carbonyl (C=O) groups excluding carboxylic acids is 3. The molecule has 1 aromatic heterocycles. The average Bonchev–Trinajstić information content (AvgIpc) is 3.11. The van der Waals surface area contributed by atoms with Gasteiger partial charge in [0.25, 0.3) is 5.91 Å². The van der Waals surface area contributed by atoms with Crippen molar-refractivity contribution >= 4 is 29.2 Å². The smallest absolute Gasteiger partial charge is 0.361 e. The minimum atomic E-state index is -1.05. The van der Waals surface area contributed by atoms with Crippen molar-refractivity contribution in [3.8, 4) is 11.5 Å². The average molecular weight is 407 g/mol. The molecule has 2 aromatic carbocycles. The summed E-state index contributed by atoms with van der Waals surface area (Å²) in [5.74, 6) is -0.829. The predicted molar refractivity (Wildman–Crippen MR) is 111 cm³/mol. The molecule has 0 aliphatic carbocycles. The van der Waals surface area contributed by atoms with Crippen LogP contribution in [0.2, 0.25) is 0 Å². The molecular formula is C22H21N3O5. The molecular weight excluding hydrogens is 386 g/mol. The zero-order valence-electron chi connectivity index (χ0n) is 16.8. The summed E-state index contributed by atoms with van der Waals surface area (Å²) >= 11 is 0. The van der Waals surface area contributed by atoms with Gasteiger partial charge in [-0.25, -0.2) is 9.78 Å². The van der Waals surface area contributed by atoms with E-state index in [9.17, 15) is 14.4 Å². The number of benzene rings is 2. The van der Waals surface area contributed by atoms with Crippen LogP contribution in [0.5, 0.6) is 0 Å². The van der Waals surface area contributed by atoms with Gasteiger partial charge in [0.05, 0.1) is 0 Å². The monoisotopic (exact) mass is 407 g/mol. The molecule has 3 aromatic rings. The number of amides is 2. The van der Waals surface area contributed by atoms with Crippen molar-refractivity contribution < 1.29 is 23.5 Å².